The fourth-order valence-corrected chi connectivity index (χ4v) is 2.04. The molecule has 80 valence electrons. The van der Waals surface area contributed by atoms with Gasteiger partial charge in [-0.3, -0.25) is 0 Å². The first-order valence-electron chi connectivity index (χ1n) is 4.94. The summed E-state index contributed by atoms with van der Waals surface area (Å²) in [6.45, 7) is 6.79. The zero-order valence-electron chi connectivity index (χ0n) is 9.00. The molecule has 1 aromatic heterocycles. The molecule has 0 atom stereocenters. The molecular formula is C9H18N4S. The van der Waals surface area contributed by atoms with Crippen molar-refractivity contribution in [3.8, 4) is 0 Å². The predicted octanol–water partition coefficient (Wildman–Crippen LogP) is 1.78. The minimum absolute atomic E-state index is 0.0219. The van der Waals surface area contributed by atoms with Gasteiger partial charge >= 0.3 is 0 Å². The lowest BCUT2D eigenvalue weighted by molar-refractivity contribution is 0.445. The van der Waals surface area contributed by atoms with Gasteiger partial charge in [0.05, 0.1) is 5.54 Å². The van der Waals surface area contributed by atoms with Crippen LogP contribution in [0.1, 0.15) is 32.5 Å². The minimum atomic E-state index is -0.0219. The molecule has 0 radical (unpaired) electrons. The lowest BCUT2D eigenvalue weighted by atomic mass is 9.93. The molecule has 0 fully saturated rings. The van der Waals surface area contributed by atoms with Crippen LogP contribution in [0.2, 0.25) is 0 Å². The highest BCUT2D eigenvalue weighted by Gasteiger charge is 2.24. The van der Waals surface area contributed by atoms with Gasteiger partial charge in [0.15, 0.2) is 0 Å². The van der Waals surface area contributed by atoms with Crippen LogP contribution in [0.4, 0.5) is 5.13 Å². The third-order valence-corrected chi connectivity index (χ3v) is 3.37. The van der Waals surface area contributed by atoms with E-state index in [-0.39, 0.29) is 5.54 Å². The highest BCUT2D eigenvalue weighted by Crippen LogP contribution is 2.22. The van der Waals surface area contributed by atoms with Crippen LogP contribution in [0.25, 0.3) is 0 Å². The Morgan fingerprint density at radius 2 is 2.07 bits per heavy atom. The van der Waals surface area contributed by atoms with Crippen LogP contribution in [0.15, 0.2) is 0 Å². The SMILES string of the molecule is CCC(CC)(CN)Nc1nc(C)ns1. The average Bonchev–Trinajstić information content (AvgIpc) is 2.61. The number of anilines is 1. The number of hydrogen-bond acceptors (Lipinski definition) is 5. The van der Waals surface area contributed by atoms with Crippen molar-refractivity contribution < 1.29 is 0 Å². The summed E-state index contributed by atoms with van der Waals surface area (Å²) in [5.74, 6) is 0.815. The second-order valence-corrected chi connectivity index (χ2v) is 4.22. The Morgan fingerprint density at radius 1 is 1.43 bits per heavy atom. The monoisotopic (exact) mass is 214 g/mol. The van der Waals surface area contributed by atoms with Gasteiger partial charge in [0, 0.05) is 18.1 Å². The molecule has 14 heavy (non-hydrogen) atoms. The molecule has 0 aliphatic rings. The summed E-state index contributed by atoms with van der Waals surface area (Å²) < 4.78 is 4.13. The van der Waals surface area contributed by atoms with E-state index in [0.29, 0.717) is 6.54 Å². The van der Waals surface area contributed by atoms with Crippen molar-refractivity contribution >= 4 is 16.7 Å². The van der Waals surface area contributed by atoms with E-state index in [4.69, 9.17) is 5.73 Å². The van der Waals surface area contributed by atoms with E-state index >= 15 is 0 Å². The summed E-state index contributed by atoms with van der Waals surface area (Å²) in [7, 11) is 0. The number of aromatic nitrogens is 2. The second kappa shape index (κ2) is 4.70. The number of hydrogen-bond donors (Lipinski definition) is 2. The number of nitrogens with zero attached hydrogens (tertiary/aromatic N) is 2. The summed E-state index contributed by atoms with van der Waals surface area (Å²) in [5.41, 5.74) is 5.76. The lowest BCUT2D eigenvalue weighted by Crippen LogP contribution is -2.44. The molecular weight excluding hydrogens is 196 g/mol. The van der Waals surface area contributed by atoms with E-state index in [1.165, 1.54) is 11.5 Å². The molecule has 3 N–H and O–H groups in total. The lowest BCUT2D eigenvalue weighted by Gasteiger charge is -2.30. The molecule has 0 aromatic carbocycles. The summed E-state index contributed by atoms with van der Waals surface area (Å²) in [6, 6.07) is 0. The van der Waals surface area contributed by atoms with E-state index < -0.39 is 0 Å². The van der Waals surface area contributed by atoms with Gasteiger partial charge in [-0.25, -0.2) is 4.98 Å². The van der Waals surface area contributed by atoms with Crippen molar-refractivity contribution in [3.05, 3.63) is 5.82 Å². The van der Waals surface area contributed by atoms with Gasteiger partial charge in [-0.05, 0) is 19.8 Å². The predicted molar refractivity (Wildman–Crippen MR) is 60.6 cm³/mol. The van der Waals surface area contributed by atoms with Gasteiger partial charge in [0.25, 0.3) is 0 Å². The average molecular weight is 214 g/mol. The number of nitrogens with one attached hydrogen (secondary N) is 1. The first kappa shape index (κ1) is 11.4. The van der Waals surface area contributed by atoms with Crippen LogP contribution < -0.4 is 11.1 Å². The summed E-state index contributed by atoms with van der Waals surface area (Å²) in [6.07, 6.45) is 2.00. The number of rotatable bonds is 5. The third kappa shape index (κ3) is 2.42. The fourth-order valence-electron chi connectivity index (χ4n) is 1.34. The molecule has 1 rings (SSSR count). The largest absolute Gasteiger partial charge is 0.354 e. The van der Waals surface area contributed by atoms with Crippen molar-refractivity contribution in [2.45, 2.75) is 39.2 Å². The van der Waals surface area contributed by atoms with Crippen LogP contribution in [-0.2, 0) is 0 Å². The van der Waals surface area contributed by atoms with Crippen LogP contribution in [-0.4, -0.2) is 21.4 Å². The van der Waals surface area contributed by atoms with Gasteiger partial charge in [-0.1, -0.05) is 13.8 Å². The van der Waals surface area contributed by atoms with Crippen LogP contribution in [0, 0.1) is 6.92 Å². The van der Waals surface area contributed by atoms with Crippen molar-refractivity contribution in [3.63, 3.8) is 0 Å². The molecule has 1 heterocycles. The maximum absolute atomic E-state index is 5.78. The van der Waals surface area contributed by atoms with Gasteiger partial charge in [0.2, 0.25) is 5.13 Å². The van der Waals surface area contributed by atoms with Crippen molar-refractivity contribution in [1.29, 1.82) is 0 Å². The Bertz CT molecular complexity index is 272. The van der Waals surface area contributed by atoms with Gasteiger partial charge in [-0.2, -0.15) is 4.37 Å². The van der Waals surface area contributed by atoms with E-state index in [1.54, 1.807) is 0 Å². The maximum Gasteiger partial charge on any atom is 0.203 e. The molecule has 0 aliphatic carbocycles. The first-order valence-corrected chi connectivity index (χ1v) is 5.71. The number of aryl methyl sites for hydroxylation is 1. The Balaban J connectivity index is 2.73. The minimum Gasteiger partial charge on any atom is -0.354 e. The molecule has 0 amide bonds. The molecule has 0 saturated carbocycles. The first-order chi connectivity index (χ1) is 6.65. The van der Waals surface area contributed by atoms with Crippen molar-refractivity contribution in [1.82, 2.24) is 9.36 Å². The van der Waals surface area contributed by atoms with E-state index in [2.05, 4.69) is 28.5 Å². The second-order valence-electron chi connectivity index (χ2n) is 3.46. The summed E-state index contributed by atoms with van der Waals surface area (Å²) in [5, 5.41) is 4.25. The molecule has 0 saturated heterocycles. The standard InChI is InChI=1S/C9H18N4S/c1-4-9(5-2,6-10)12-8-11-7(3)13-14-8/h4-6,10H2,1-3H3,(H,11,12,13). The Labute approximate surface area is 89.1 Å². The fraction of sp³-hybridized carbons (Fsp3) is 0.778. The molecule has 0 unspecified atom stereocenters. The van der Waals surface area contributed by atoms with Crippen molar-refractivity contribution in [2.75, 3.05) is 11.9 Å². The zero-order chi connectivity index (χ0) is 10.6. The summed E-state index contributed by atoms with van der Waals surface area (Å²) in [4.78, 5) is 4.28. The van der Waals surface area contributed by atoms with Crippen LogP contribution in [0.5, 0.6) is 0 Å². The topological polar surface area (TPSA) is 63.8 Å². The van der Waals surface area contributed by atoms with E-state index in [0.717, 1.165) is 23.8 Å². The van der Waals surface area contributed by atoms with Gasteiger partial charge in [0.1, 0.15) is 5.82 Å². The molecule has 0 spiro atoms. The highest BCUT2D eigenvalue weighted by atomic mass is 32.1. The number of nitrogens with two attached hydrogens (primary N) is 1. The van der Waals surface area contributed by atoms with Gasteiger partial charge in [-0.15, -0.1) is 0 Å². The third-order valence-electron chi connectivity index (χ3n) is 2.64. The molecule has 0 bridgehead atoms. The Morgan fingerprint density at radius 3 is 2.43 bits per heavy atom. The quantitative estimate of drug-likeness (QED) is 0.784. The van der Waals surface area contributed by atoms with Crippen LogP contribution in [0.3, 0.4) is 0 Å². The van der Waals surface area contributed by atoms with Crippen molar-refractivity contribution in [2.24, 2.45) is 5.73 Å². The van der Waals surface area contributed by atoms with E-state index in [9.17, 15) is 0 Å². The zero-order valence-corrected chi connectivity index (χ0v) is 9.82. The highest BCUT2D eigenvalue weighted by molar-refractivity contribution is 7.09. The van der Waals surface area contributed by atoms with E-state index in [1.807, 2.05) is 6.92 Å². The Kier molecular flexibility index (Phi) is 3.83. The summed E-state index contributed by atoms with van der Waals surface area (Å²) >= 11 is 1.39. The molecule has 5 heteroatoms. The van der Waals surface area contributed by atoms with Crippen LogP contribution >= 0.6 is 11.5 Å². The van der Waals surface area contributed by atoms with Gasteiger partial charge < -0.3 is 11.1 Å². The Hall–Kier alpha value is -0.680. The normalized spacial score (nSPS) is 11.7. The molecule has 0 aliphatic heterocycles. The molecule has 1 aromatic rings. The molecule has 4 nitrogen and oxygen atoms in total. The smallest absolute Gasteiger partial charge is 0.203 e. The maximum atomic E-state index is 5.78.